The highest BCUT2D eigenvalue weighted by Crippen LogP contribution is 2.54. The third-order valence-corrected chi connectivity index (χ3v) is 5.13. The summed E-state index contributed by atoms with van der Waals surface area (Å²) < 4.78 is 19.3. The molecule has 4 rings (SSSR count). The molecule has 114 valence electrons. The summed E-state index contributed by atoms with van der Waals surface area (Å²) in [4.78, 5) is 6.73. The van der Waals surface area contributed by atoms with Crippen LogP contribution in [-0.2, 0) is 10.2 Å². The molecular formula is C17H16ClFN2O. The molecule has 0 saturated heterocycles. The van der Waals surface area contributed by atoms with Gasteiger partial charge in [0, 0.05) is 31.0 Å². The predicted octanol–water partition coefficient (Wildman–Crippen LogP) is 4.07. The van der Waals surface area contributed by atoms with E-state index in [1.54, 1.807) is 13.2 Å². The molecular weight excluding hydrogens is 303 g/mol. The Hall–Kier alpha value is -1.65. The molecule has 0 radical (unpaired) electrons. The quantitative estimate of drug-likeness (QED) is 0.834. The molecule has 1 aromatic carbocycles. The minimum atomic E-state index is -0.395. The van der Waals surface area contributed by atoms with Gasteiger partial charge in [-0.15, -0.1) is 0 Å². The fourth-order valence-electron chi connectivity index (χ4n) is 3.67. The molecule has 1 aromatic heterocycles. The molecule has 3 nitrogen and oxygen atoms in total. The van der Waals surface area contributed by atoms with E-state index in [1.165, 1.54) is 6.07 Å². The Morgan fingerprint density at radius 2 is 2.18 bits per heavy atom. The van der Waals surface area contributed by atoms with Crippen LogP contribution in [0.4, 0.5) is 15.8 Å². The molecule has 22 heavy (non-hydrogen) atoms. The maximum absolute atomic E-state index is 13.8. The van der Waals surface area contributed by atoms with E-state index in [2.05, 4.69) is 9.88 Å². The molecule has 0 atom stereocenters. The molecule has 0 bridgehead atoms. The highest BCUT2D eigenvalue weighted by Gasteiger charge is 2.53. The third-order valence-electron chi connectivity index (χ3n) is 4.83. The highest BCUT2D eigenvalue weighted by molar-refractivity contribution is 6.30. The van der Waals surface area contributed by atoms with E-state index in [9.17, 15) is 4.39 Å². The van der Waals surface area contributed by atoms with Crippen LogP contribution < -0.4 is 4.90 Å². The Kier molecular flexibility index (Phi) is 3.13. The van der Waals surface area contributed by atoms with Crippen LogP contribution in [0.2, 0.25) is 5.02 Å². The second-order valence-electron chi connectivity index (χ2n) is 6.10. The standard InChI is InChI=1S/C17H16ClFN2O/c1-22-12-8-17(9-12)10-21(15-3-2-6-20-16(15)17)11-4-5-13(18)14(19)7-11/h2-7,12H,8-10H2,1H3. The molecule has 2 heterocycles. The molecule has 1 fully saturated rings. The van der Waals surface area contributed by atoms with Gasteiger partial charge in [-0.3, -0.25) is 4.98 Å². The first kappa shape index (κ1) is 14.0. The number of pyridine rings is 1. The minimum Gasteiger partial charge on any atom is -0.381 e. The summed E-state index contributed by atoms with van der Waals surface area (Å²) in [5.41, 5.74) is 2.99. The lowest BCUT2D eigenvalue weighted by Crippen LogP contribution is -2.48. The van der Waals surface area contributed by atoms with Crippen molar-refractivity contribution in [1.82, 2.24) is 4.98 Å². The topological polar surface area (TPSA) is 25.4 Å². The van der Waals surface area contributed by atoms with E-state index in [0.717, 1.165) is 36.5 Å². The van der Waals surface area contributed by atoms with Crippen molar-refractivity contribution in [1.29, 1.82) is 0 Å². The van der Waals surface area contributed by atoms with Gasteiger partial charge < -0.3 is 9.64 Å². The lowest BCUT2D eigenvalue weighted by atomic mass is 9.65. The second-order valence-corrected chi connectivity index (χ2v) is 6.51. The molecule has 0 N–H and O–H groups in total. The van der Waals surface area contributed by atoms with Gasteiger partial charge in [0.2, 0.25) is 0 Å². The highest BCUT2D eigenvalue weighted by atomic mass is 35.5. The molecule has 2 aromatic rings. The summed E-state index contributed by atoms with van der Waals surface area (Å²) in [6.07, 6.45) is 4.03. The zero-order chi connectivity index (χ0) is 15.3. The van der Waals surface area contributed by atoms with Crippen molar-refractivity contribution in [2.24, 2.45) is 0 Å². The van der Waals surface area contributed by atoms with Crippen LogP contribution in [0, 0.1) is 5.82 Å². The van der Waals surface area contributed by atoms with Crippen LogP contribution >= 0.6 is 11.6 Å². The van der Waals surface area contributed by atoms with Gasteiger partial charge in [0.15, 0.2) is 0 Å². The molecule has 1 saturated carbocycles. The summed E-state index contributed by atoms with van der Waals surface area (Å²) in [6.45, 7) is 0.806. The van der Waals surface area contributed by atoms with Gasteiger partial charge in [-0.25, -0.2) is 4.39 Å². The Bertz CT molecular complexity index is 730. The van der Waals surface area contributed by atoms with Crippen molar-refractivity contribution in [3.05, 3.63) is 53.1 Å². The number of ether oxygens (including phenoxy) is 1. The molecule has 2 aliphatic rings. The minimum absolute atomic E-state index is 0.0212. The van der Waals surface area contributed by atoms with Crippen molar-refractivity contribution in [2.45, 2.75) is 24.4 Å². The van der Waals surface area contributed by atoms with Crippen molar-refractivity contribution < 1.29 is 9.13 Å². The van der Waals surface area contributed by atoms with E-state index in [1.807, 2.05) is 24.4 Å². The first-order valence-corrected chi connectivity index (χ1v) is 7.72. The number of benzene rings is 1. The summed E-state index contributed by atoms with van der Waals surface area (Å²) in [5.74, 6) is -0.395. The SMILES string of the molecule is COC1CC2(C1)CN(c1ccc(Cl)c(F)c1)c1cccnc12. The lowest BCUT2D eigenvalue weighted by molar-refractivity contribution is -0.0132. The first-order valence-electron chi connectivity index (χ1n) is 7.34. The van der Waals surface area contributed by atoms with Gasteiger partial charge in [0.1, 0.15) is 5.82 Å². The van der Waals surface area contributed by atoms with Crippen LogP contribution in [0.5, 0.6) is 0 Å². The van der Waals surface area contributed by atoms with E-state index in [4.69, 9.17) is 16.3 Å². The number of fused-ring (bicyclic) bond motifs is 2. The van der Waals surface area contributed by atoms with Gasteiger partial charge >= 0.3 is 0 Å². The zero-order valence-corrected chi connectivity index (χ0v) is 13.0. The van der Waals surface area contributed by atoms with Gasteiger partial charge in [0.25, 0.3) is 0 Å². The van der Waals surface area contributed by atoms with E-state index >= 15 is 0 Å². The van der Waals surface area contributed by atoms with Crippen LogP contribution in [0.3, 0.4) is 0 Å². The second kappa shape index (κ2) is 4.93. The fourth-order valence-corrected chi connectivity index (χ4v) is 3.79. The predicted molar refractivity (Wildman–Crippen MR) is 84.4 cm³/mol. The fraction of sp³-hybridized carbons (Fsp3) is 0.353. The number of hydrogen-bond acceptors (Lipinski definition) is 3. The number of halogens is 2. The molecule has 1 aliphatic carbocycles. The summed E-state index contributed by atoms with van der Waals surface area (Å²) in [6, 6.07) is 8.91. The Morgan fingerprint density at radius 3 is 2.91 bits per heavy atom. The largest absolute Gasteiger partial charge is 0.381 e. The van der Waals surface area contributed by atoms with Crippen LogP contribution in [-0.4, -0.2) is 24.7 Å². The van der Waals surface area contributed by atoms with Crippen molar-refractivity contribution in [3.8, 4) is 0 Å². The van der Waals surface area contributed by atoms with Crippen LogP contribution in [0.1, 0.15) is 18.5 Å². The summed E-state index contributed by atoms with van der Waals surface area (Å²) >= 11 is 5.80. The number of nitrogens with zero attached hydrogens (tertiary/aromatic N) is 2. The average molecular weight is 319 g/mol. The van der Waals surface area contributed by atoms with Gasteiger partial charge in [-0.1, -0.05) is 11.6 Å². The molecule has 5 heteroatoms. The Labute approximate surface area is 133 Å². The average Bonchev–Trinajstić information content (AvgIpc) is 2.84. The molecule has 0 unspecified atom stereocenters. The van der Waals surface area contributed by atoms with E-state index in [-0.39, 0.29) is 16.5 Å². The number of aromatic nitrogens is 1. The van der Waals surface area contributed by atoms with Crippen molar-refractivity contribution in [3.63, 3.8) is 0 Å². The number of hydrogen-bond donors (Lipinski definition) is 0. The van der Waals surface area contributed by atoms with Crippen molar-refractivity contribution >= 4 is 23.0 Å². The van der Waals surface area contributed by atoms with Crippen molar-refractivity contribution in [2.75, 3.05) is 18.6 Å². The van der Waals surface area contributed by atoms with E-state index in [0.29, 0.717) is 0 Å². The van der Waals surface area contributed by atoms with E-state index < -0.39 is 5.82 Å². The number of rotatable bonds is 2. The third kappa shape index (κ3) is 1.94. The summed E-state index contributed by atoms with van der Waals surface area (Å²) in [7, 11) is 1.75. The van der Waals surface area contributed by atoms with Crippen LogP contribution in [0.25, 0.3) is 0 Å². The number of anilines is 2. The molecule has 1 aliphatic heterocycles. The van der Waals surface area contributed by atoms with Gasteiger partial charge in [-0.2, -0.15) is 0 Å². The first-order chi connectivity index (χ1) is 10.6. The van der Waals surface area contributed by atoms with Crippen LogP contribution in [0.15, 0.2) is 36.5 Å². The monoisotopic (exact) mass is 318 g/mol. The maximum Gasteiger partial charge on any atom is 0.143 e. The smallest absolute Gasteiger partial charge is 0.143 e. The van der Waals surface area contributed by atoms with Gasteiger partial charge in [0.05, 0.1) is 22.5 Å². The normalized spacial score (nSPS) is 26.1. The summed E-state index contributed by atoms with van der Waals surface area (Å²) in [5, 5.41) is 0.146. The van der Waals surface area contributed by atoms with Gasteiger partial charge in [-0.05, 0) is 43.2 Å². The Morgan fingerprint density at radius 1 is 1.36 bits per heavy atom. The zero-order valence-electron chi connectivity index (χ0n) is 12.2. The lowest BCUT2D eigenvalue weighted by Gasteiger charge is -2.44. The molecule has 1 spiro atoms. The molecule has 0 amide bonds. The number of methoxy groups -OCH3 is 1. The maximum atomic E-state index is 13.8. The Balaban J connectivity index is 1.75.